The van der Waals surface area contributed by atoms with Gasteiger partial charge >= 0.3 is 0 Å². The van der Waals surface area contributed by atoms with Crippen molar-refractivity contribution in [2.45, 2.75) is 13.0 Å². The summed E-state index contributed by atoms with van der Waals surface area (Å²) >= 11 is 0. The summed E-state index contributed by atoms with van der Waals surface area (Å²) < 4.78 is 13.1. The number of nitriles is 1. The molecular weight excluding hydrogens is 227 g/mol. The Kier molecular flexibility index (Phi) is 3.59. The lowest BCUT2D eigenvalue weighted by Gasteiger charge is -2.13. The largest absolute Gasteiger partial charge is 0.366 e. The number of anilines is 1. The molecule has 0 radical (unpaired) electrons. The number of hydrogen-bond donors (Lipinski definition) is 1. The van der Waals surface area contributed by atoms with E-state index < -0.39 is 6.04 Å². The second-order valence-corrected chi connectivity index (χ2v) is 4.13. The van der Waals surface area contributed by atoms with Crippen LogP contribution in [0.1, 0.15) is 17.2 Å². The zero-order valence-corrected chi connectivity index (χ0v) is 10.0. The molecule has 1 N–H and O–H groups in total. The van der Waals surface area contributed by atoms with E-state index in [1.807, 2.05) is 31.2 Å². The molecule has 0 heterocycles. The molecule has 3 heteroatoms. The van der Waals surface area contributed by atoms with Crippen molar-refractivity contribution in [1.82, 2.24) is 0 Å². The van der Waals surface area contributed by atoms with Crippen molar-refractivity contribution < 1.29 is 4.39 Å². The predicted molar refractivity (Wildman–Crippen MR) is 69.6 cm³/mol. The second kappa shape index (κ2) is 5.33. The highest BCUT2D eigenvalue weighted by molar-refractivity contribution is 5.47. The molecule has 0 aliphatic rings. The van der Waals surface area contributed by atoms with Crippen LogP contribution in [-0.4, -0.2) is 0 Å². The van der Waals surface area contributed by atoms with E-state index in [1.54, 1.807) is 12.1 Å². The Labute approximate surface area is 106 Å². The molecule has 0 fully saturated rings. The highest BCUT2D eigenvalue weighted by Crippen LogP contribution is 2.20. The van der Waals surface area contributed by atoms with E-state index >= 15 is 0 Å². The van der Waals surface area contributed by atoms with Gasteiger partial charge in [-0.3, -0.25) is 0 Å². The fourth-order valence-electron chi connectivity index (χ4n) is 1.78. The summed E-state index contributed by atoms with van der Waals surface area (Å²) in [6.45, 7) is 1.97. The third-order valence-corrected chi connectivity index (χ3v) is 2.64. The Morgan fingerprint density at radius 3 is 2.61 bits per heavy atom. The van der Waals surface area contributed by atoms with Crippen LogP contribution in [0.2, 0.25) is 0 Å². The number of benzene rings is 2. The van der Waals surface area contributed by atoms with Crippen LogP contribution in [0.3, 0.4) is 0 Å². The Bertz CT molecular complexity index is 587. The Hall–Kier alpha value is -2.34. The molecule has 0 bridgehead atoms. The molecule has 18 heavy (non-hydrogen) atoms. The fourth-order valence-corrected chi connectivity index (χ4v) is 1.78. The first-order valence-corrected chi connectivity index (χ1v) is 5.67. The normalized spacial score (nSPS) is 11.6. The van der Waals surface area contributed by atoms with Gasteiger partial charge in [-0.15, -0.1) is 0 Å². The maximum atomic E-state index is 13.1. The van der Waals surface area contributed by atoms with Gasteiger partial charge in [0.2, 0.25) is 0 Å². The summed E-state index contributed by atoms with van der Waals surface area (Å²) in [5, 5.41) is 12.2. The zero-order chi connectivity index (χ0) is 13.0. The van der Waals surface area contributed by atoms with Crippen LogP contribution < -0.4 is 5.32 Å². The minimum absolute atomic E-state index is 0.319. The quantitative estimate of drug-likeness (QED) is 0.885. The summed E-state index contributed by atoms with van der Waals surface area (Å²) in [6, 6.07) is 15.5. The van der Waals surface area contributed by atoms with E-state index in [0.717, 1.165) is 11.1 Å². The minimum Gasteiger partial charge on any atom is -0.366 e. The van der Waals surface area contributed by atoms with Gasteiger partial charge in [0.1, 0.15) is 11.9 Å². The molecule has 1 atom stereocenters. The van der Waals surface area contributed by atoms with E-state index in [9.17, 15) is 9.65 Å². The van der Waals surface area contributed by atoms with E-state index in [-0.39, 0.29) is 5.82 Å². The molecular formula is C15H13FN2. The van der Waals surface area contributed by atoms with Gasteiger partial charge in [-0.05, 0) is 30.7 Å². The lowest BCUT2D eigenvalue weighted by molar-refractivity contribution is 0.628. The molecule has 1 unspecified atom stereocenters. The van der Waals surface area contributed by atoms with E-state index in [0.29, 0.717) is 5.69 Å². The van der Waals surface area contributed by atoms with Crippen LogP contribution in [0.5, 0.6) is 0 Å². The highest BCUT2D eigenvalue weighted by Gasteiger charge is 2.10. The monoisotopic (exact) mass is 240 g/mol. The number of aryl methyl sites for hydroxylation is 1. The van der Waals surface area contributed by atoms with Gasteiger partial charge in [0.15, 0.2) is 0 Å². The molecule has 0 aliphatic carbocycles. The van der Waals surface area contributed by atoms with Gasteiger partial charge in [-0.25, -0.2) is 4.39 Å². The summed E-state index contributed by atoms with van der Waals surface area (Å²) in [4.78, 5) is 0. The fraction of sp³-hybridized carbons (Fsp3) is 0.133. The topological polar surface area (TPSA) is 35.8 Å². The minimum atomic E-state index is -0.480. The van der Waals surface area contributed by atoms with Gasteiger partial charge in [-0.2, -0.15) is 5.26 Å². The third kappa shape index (κ3) is 2.86. The van der Waals surface area contributed by atoms with Crippen LogP contribution in [0.15, 0.2) is 48.5 Å². The standard InChI is InChI=1S/C15H13FN2/c1-11-4-2-5-12(8-11)15(10-17)18-14-7-3-6-13(16)9-14/h2-9,15,18H,1H3. The Morgan fingerprint density at radius 1 is 1.17 bits per heavy atom. The molecule has 90 valence electrons. The van der Waals surface area contributed by atoms with Crippen LogP contribution in [0.25, 0.3) is 0 Å². The summed E-state index contributed by atoms with van der Waals surface area (Å²) in [5.41, 5.74) is 2.57. The van der Waals surface area contributed by atoms with Gasteiger partial charge in [0, 0.05) is 5.69 Å². The average Bonchev–Trinajstić information content (AvgIpc) is 2.36. The molecule has 0 saturated heterocycles. The lowest BCUT2D eigenvalue weighted by atomic mass is 10.1. The summed E-state index contributed by atoms with van der Waals surface area (Å²) in [7, 11) is 0. The smallest absolute Gasteiger partial charge is 0.140 e. The Balaban J connectivity index is 2.23. The maximum Gasteiger partial charge on any atom is 0.140 e. The molecule has 0 amide bonds. The molecule has 0 saturated carbocycles. The van der Waals surface area contributed by atoms with Crippen molar-refractivity contribution in [2.75, 3.05) is 5.32 Å². The molecule has 0 spiro atoms. The predicted octanol–water partition coefficient (Wildman–Crippen LogP) is 3.81. The van der Waals surface area contributed by atoms with Crippen molar-refractivity contribution in [1.29, 1.82) is 5.26 Å². The van der Waals surface area contributed by atoms with Crippen molar-refractivity contribution in [3.63, 3.8) is 0 Å². The van der Waals surface area contributed by atoms with Crippen molar-refractivity contribution in [3.8, 4) is 6.07 Å². The van der Waals surface area contributed by atoms with Gasteiger partial charge < -0.3 is 5.32 Å². The van der Waals surface area contributed by atoms with E-state index in [1.165, 1.54) is 12.1 Å². The number of nitrogens with zero attached hydrogens (tertiary/aromatic N) is 1. The molecule has 2 nitrogen and oxygen atoms in total. The van der Waals surface area contributed by atoms with Crippen LogP contribution in [0, 0.1) is 24.1 Å². The molecule has 0 aliphatic heterocycles. The van der Waals surface area contributed by atoms with Crippen molar-refractivity contribution >= 4 is 5.69 Å². The van der Waals surface area contributed by atoms with Gasteiger partial charge in [0.05, 0.1) is 6.07 Å². The average molecular weight is 240 g/mol. The van der Waals surface area contributed by atoms with Crippen LogP contribution >= 0.6 is 0 Å². The number of nitrogens with one attached hydrogen (secondary N) is 1. The molecule has 2 rings (SSSR count). The van der Waals surface area contributed by atoms with Crippen molar-refractivity contribution in [3.05, 3.63) is 65.5 Å². The molecule has 0 aromatic heterocycles. The number of rotatable bonds is 3. The summed E-state index contributed by atoms with van der Waals surface area (Å²) in [5.74, 6) is -0.319. The van der Waals surface area contributed by atoms with Gasteiger partial charge in [-0.1, -0.05) is 35.9 Å². The van der Waals surface area contributed by atoms with Crippen LogP contribution in [0.4, 0.5) is 10.1 Å². The first kappa shape index (κ1) is 12.1. The SMILES string of the molecule is Cc1cccc(C(C#N)Nc2cccc(F)c2)c1. The highest BCUT2D eigenvalue weighted by atomic mass is 19.1. The van der Waals surface area contributed by atoms with Crippen molar-refractivity contribution in [2.24, 2.45) is 0 Å². The lowest BCUT2D eigenvalue weighted by Crippen LogP contribution is -2.08. The van der Waals surface area contributed by atoms with E-state index in [4.69, 9.17) is 0 Å². The summed E-state index contributed by atoms with van der Waals surface area (Å²) in [6.07, 6.45) is 0. The first-order chi connectivity index (χ1) is 8.69. The van der Waals surface area contributed by atoms with E-state index in [2.05, 4.69) is 11.4 Å². The first-order valence-electron chi connectivity index (χ1n) is 5.67. The zero-order valence-electron chi connectivity index (χ0n) is 10.0. The van der Waals surface area contributed by atoms with Gasteiger partial charge in [0.25, 0.3) is 0 Å². The maximum absolute atomic E-state index is 13.1. The molecule has 2 aromatic carbocycles. The number of halogens is 1. The number of hydrogen-bond acceptors (Lipinski definition) is 2. The second-order valence-electron chi connectivity index (χ2n) is 4.13. The Morgan fingerprint density at radius 2 is 1.94 bits per heavy atom. The van der Waals surface area contributed by atoms with Crippen LogP contribution in [-0.2, 0) is 0 Å². The molecule has 2 aromatic rings. The third-order valence-electron chi connectivity index (χ3n) is 2.64.